The molecule has 3 rings (SSSR count). The number of aliphatic hydroxyl groups is 1. The van der Waals surface area contributed by atoms with E-state index < -0.39 is 28.7 Å². The van der Waals surface area contributed by atoms with Crippen molar-refractivity contribution in [2.45, 2.75) is 87.9 Å². The minimum atomic E-state index is -0.661. The molecule has 29 heavy (non-hydrogen) atoms. The fourth-order valence-corrected chi connectivity index (χ4v) is 7.72. The van der Waals surface area contributed by atoms with Gasteiger partial charge in [-0.25, -0.2) is 0 Å². The summed E-state index contributed by atoms with van der Waals surface area (Å²) in [7, 11) is 0. The number of thioether (sulfide) groups is 1. The van der Waals surface area contributed by atoms with Crippen LogP contribution in [-0.4, -0.2) is 69.1 Å². The van der Waals surface area contributed by atoms with E-state index in [2.05, 4.69) is 12.2 Å². The summed E-state index contributed by atoms with van der Waals surface area (Å²) in [6, 6.07) is -1.08. The lowest BCUT2D eigenvalue weighted by Crippen LogP contribution is -2.57. The van der Waals surface area contributed by atoms with Crippen LogP contribution in [0.4, 0.5) is 0 Å². The van der Waals surface area contributed by atoms with Crippen molar-refractivity contribution < 1.29 is 24.2 Å². The van der Waals surface area contributed by atoms with Crippen molar-refractivity contribution in [3.63, 3.8) is 0 Å². The van der Waals surface area contributed by atoms with Crippen LogP contribution in [0.3, 0.4) is 0 Å². The minimum Gasteiger partial charge on any atom is -0.466 e. The third-order valence-corrected chi connectivity index (χ3v) is 8.68. The van der Waals surface area contributed by atoms with Crippen LogP contribution in [0.5, 0.6) is 0 Å². The summed E-state index contributed by atoms with van der Waals surface area (Å²) in [4.78, 5) is 41.3. The molecule has 3 aliphatic rings. The van der Waals surface area contributed by atoms with Crippen LogP contribution in [0.25, 0.3) is 0 Å². The third kappa shape index (κ3) is 3.56. The zero-order valence-electron chi connectivity index (χ0n) is 17.8. The summed E-state index contributed by atoms with van der Waals surface area (Å²) in [6.45, 7) is 7.79. The molecule has 2 N–H and O–H groups in total. The topological polar surface area (TPSA) is 95.9 Å². The molecule has 0 aromatic rings. The molecule has 0 aromatic carbocycles. The fraction of sp³-hybridized carbons (Fsp3) is 0.857. The number of carbonyl (C=O) groups is 3. The number of likely N-dealkylation sites (tertiary alicyclic amines) is 1. The standard InChI is InChI=1S/C21H34N2O5S/c1-5-8-12(4)22-18(25)17-21-10-9-14(29-21)15(20(27)28-7-3)16(21)19(26)23(17)13(6-2)11-24/h12-17,24H,5-11H2,1-4H3,(H,22,25)/t12?,13-,14-,15+,16-,17?,21?/m0/s1. The Morgan fingerprint density at radius 3 is 2.69 bits per heavy atom. The molecule has 0 aliphatic carbocycles. The number of nitrogens with zero attached hydrogens (tertiary/aromatic N) is 1. The largest absolute Gasteiger partial charge is 0.466 e. The van der Waals surface area contributed by atoms with Crippen LogP contribution >= 0.6 is 11.8 Å². The van der Waals surface area contributed by atoms with E-state index in [9.17, 15) is 19.5 Å². The number of nitrogens with one attached hydrogen (secondary N) is 1. The zero-order valence-corrected chi connectivity index (χ0v) is 18.7. The molecular weight excluding hydrogens is 392 g/mol. The SMILES string of the molecule is CCCC(C)NC(=O)C1N([C@@H](CC)CO)C(=O)[C@@H]2[C@H](C(=O)OCC)[C@@H]3CCC12S3. The summed E-state index contributed by atoms with van der Waals surface area (Å²) in [5.41, 5.74) is 0. The van der Waals surface area contributed by atoms with Crippen LogP contribution < -0.4 is 5.32 Å². The van der Waals surface area contributed by atoms with Crippen molar-refractivity contribution in [3.05, 3.63) is 0 Å². The lowest BCUT2D eigenvalue weighted by Gasteiger charge is -2.37. The Labute approximate surface area is 177 Å². The van der Waals surface area contributed by atoms with E-state index >= 15 is 0 Å². The second kappa shape index (κ2) is 8.84. The Morgan fingerprint density at radius 2 is 2.10 bits per heavy atom. The molecule has 0 saturated carbocycles. The van der Waals surface area contributed by atoms with Gasteiger partial charge in [-0.1, -0.05) is 20.3 Å². The molecule has 2 bridgehead atoms. The Hall–Kier alpha value is -1.28. The Kier molecular flexibility index (Phi) is 6.83. The summed E-state index contributed by atoms with van der Waals surface area (Å²) in [5, 5.41) is 13.0. The average Bonchev–Trinajstić information content (AvgIpc) is 3.31. The molecule has 1 spiro atoms. The number of hydrogen-bond acceptors (Lipinski definition) is 6. The number of hydrogen-bond donors (Lipinski definition) is 2. The molecule has 3 fully saturated rings. The van der Waals surface area contributed by atoms with Crippen LogP contribution in [0, 0.1) is 11.8 Å². The predicted molar refractivity (Wildman–Crippen MR) is 111 cm³/mol. The van der Waals surface area contributed by atoms with E-state index in [-0.39, 0.29) is 42.3 Å². The summed E-state index contributed by atoms with van der Waals surface area (Å²) >= 11 is 1.63. The lowest BCUT2D eigenvalue weighted by atomic mass is 9.71. The number of ether oxygens (including phenoxy) is 1. The molecule has 2 amide bonds. The predicted octanol–water partition coefficient (Wildman–Crippen LogP) is 1.72. The van der Waals surface area contributed by atoms with Crippen LogP contribution in [0.1, 0.15) is 59.8 Å². The molecular formula is C21H34N2O5S. The number of rotatable bonds is 9. The highest BCUT2D eigenvalue weighted by atomic mass is 32.2. The normalized spacial score (nSPS) is 34.8. The first kappa shape index (κ1) is 22.4. The highest BCUT2D eigenvalue weighted by Gasteiger charge is 2.74. The molecule has 7 nitrogen and oxygen atoms in total. The highest BCUT2D eigenvalue weighted by Crippen LogP contribution is 2.66. The van der Waals surface area contributed by atoms with Crippen LogP contribution in [0.2, 0.25) is 0 Å². The molecule has 3 unspecified atom stereocenters. The first-order chi connectivity index (χ1) is 13.9. The van der Waals surface area contributed by atoms with Gasteiger partial charge in [-0.3, -0.25) is 14.4 Å². The van der Waals surface area contributed by atoms with Gasteiger partial charge in [0, 0.05) is 11.3 Å². The van der Waals surface area contributed by atoms with Crippen LogP contribution in [0.15, 0.2) is 0 Å². The molecule has 3 aliphatic heterocycles. The highest BCUT2D eigenvalue weighted by molar-refractivity contribution is 8.02. The molecule has 0 radical (unpaired) electrons. The molecule has 7 atom stereocenters. The maximum atomic E-state index is 13.6. The fourth-order valence-electron chi connectivity index (χ4n) is 5.53. The first-order valence-electron chi connectivity index (χ1n) is 10.9. The lowest BCUT2D eigenvalue weighted by molar-refractivity contribution is -0.154. The Bertz CT molecular complexity index is 655. The molecule has 3 saturated heterocycles. The quantitative estimate of drug-likeness (QED) is 0.545. The second-order valence-electron chi connectivity index (χ2n) is 8.50. The summed E-state index contributed by atoms with van der Waals surface area (Å²) in [6.07, 6.45) is 3.90. The maximum absolute atomic E-state index is 13.6. The Morgan fingerprint density at radius 1 is 1.38 bits per heavy atom. The van der Waals surface area contributed by atoms with Crippen molar-refractivity contribution in [3.8, 4) is 0 Å². The van der Waals surface area contributed by atoms with E-state index in [1.807, 2.05) is 13.8 Å². The van der Waals surface area contributed by atoms with Crippen molar-refractivity contribution in [2.24, 2.45) is 11.8 Å². The average molecular weight is 427 g/mol. The number of esters is 1. The smallest absolute Gasteiger partial charge is 0.310 e. The molecule has 0 aromatic heterocycles. The van der Waals surface area contributed by atoms with Gasteiger partial charge in [0.2, 0.25) is 11.8 Å². The van der Waals surface area contributed by atoms with Gasteiger partial charge in [-0.05, 0) is 39.5 Å². The van der Waals surface area contributed by atoms with Gasteiger partial charge in [0.25, 0.3) is 0 Å². The van der Waals surface area contributed by atoms with Crippen molar-refractivity contribution in [1.29, 1.82) is 0 Å². The number of amides is 2. The van der Waals surface area contributed by atoms with E-state index in [4.69, 9.17) is 4.74 Å². The monoisotopic (exact) mass is 426 g/mol. The van der Waals surface area contributed by atoms with Crippen molar-refractivity contribution in [1.82, 2.24) is 10.2 Å². The van der Waals surface area contributed by atoms with Gasteiger partial charge >= 0.3 is 5.97 Å². The van der Waals surface area contributed by atoms with Crippen molar-refractivity contribution in [2.75, 3.05) is 13.2 Å². The van der Waals surface area contributed by atoms with E-state index in [0.29, 0.717) is 6.42 Å². The number of fused-ring (bicyclic) bond motifs is 1. The third-order valence-electron chi connectivity index (χ3n) is 6.73. The zero-order chi connectivity index (χ0) is 21.3. The van der Waals surface area contributed by atoms with Gasteiger partial charge in [-0.15, -0.1) is 11.8 Å². The van der Waals surface area contributed by atoms with Gasteiger partial charge < -0.3 is 20.1 Å². The summed E-state index contributed by atoms with van der Waals surface area (Å²) < 4.78 is 4.69. The van der Waals surface area contributed by atoms with E-state index in [0.717, 1.165) is 25.7 Å². The number of carbonyl (C=O) groups excluding carboxylic acids is 3. The molecule has 8 heteroatoms. The maximum Gasteiger partial charge on any atom is 0.310 e. The first-order valence-corrected chi connectivity index (χ1v) is 11.8. The minimum absolute atomic E-state index is 0.0126. The Balaban J connectivity index is 1.99. The van der Waals surface area contributed by atoms with Gasteiger partial charge in [-0.2, -0.15) is 0 Å². The van der Waals surface area contributed by atoms with Gasteiger partial charge in [0.1, 0.15) is 6.04 Å². The number of aliphatic hydroxyl groups excluding tert-OH is 1. The molecule has 3 heterocycles. The van der Waals surface area contributed by atoms with Crippen LogP contribution in [-0.2, 0) is 19.1 Å². The van der Waals surface area contributed by atoms with Crippen molar-refractivity contribution >= 4 is 29.5 Å². The van der Waals surface area contributed by atoms with Gasteiger partial charge in [0.15, 0.2) is 0 Å². The van der Waals surface area contributed by atoms with E-state index in [1.54, 1.807) is 23.6 Å². The molecule has 164 valence electrons. The summed E-state index contributed by atoms with van der Waals surface area (Å²) in [5.74, 6) is -1.73. The van der Waals surface area contributed by atoms with Gasteiger partial charge in [0.05, 0.1) is 35.8 Å². The second-order valence-corrected chi connectivity index (χ2v) is 10.1. The van der Waals surface area contributed by atoms with E-state index in [1.165, 1.54) is 0 Å².